The van der Waals surface area contributed by atoms with Crippen LogP contribution in [-0.2, 0) is 6.42 Å². The highest BCUT2D eigenvalue weighted by Crippen LogP contribution is 2.16. The van der Waals surface area contributed by atoms with E-state index in [0.29, 0.717) is 12.6 Å². The van der Waals surface area contributed by atoms with Crippen molar-refractivity contribution in [3.8, 4) is 0 Å². The minimum absolute atomic E-state index is 0.366. The van der Waals surface area contributed by atoms with Crippen LogP contribution in [0.2, 0.25) is 0 Å². The maximum Gasteiger partial charge on any atom is 0.191 e. The van der Waals surface area contributed by atoms with E-state index in [0.717, 1.165) is 18.9 Å². The van der Waals surface area contributed by atoms with E-state index in [-0.39, 0.29) is 0 Å². The summed E-state index contributed by atoms with van der Waals surface area (Å²) in [5.41, 5.74) is 0. The van der Waals surface area contributed by atoms with E-state index in [4.69, 9.17) is 0 Å². The number of hydrogen-bond acceptors (Lipinski definition) is 2. The zero-order chi connectivity index (χ0) is 13.4. The van der Waals surface area contributed by atoms with Crippen molar-refractivity contribution < 1.29 is 0 Å². The lowest BCUT2D eigenvalue weighted by molar-refractivity contribution is 0.647. The number of nitrogens with one attached hydrogen (secondary N) is 2. The molecule has 18 heavy (non-hydrogen) atoms. The molecule has 100 valence electrons. The SMILES string of the molecule is C=CCN=C(NCC)NC(C)Cc1ccc(C)s1. The van der Waals surface area contributed by atoms with Crippen LogP contribution in [0.1, 0.15) is 23.6 Å². The average molecular weight is 265 g/mol. The Morgan fingerprint density at radius 1 is 1.56 bits per heavy atom. The fraction of sp³-hybridized carbons (Fsp3) is 0.500. The Morgan fingerprint density at radius 2 is 2.33 bits per heavy atom. The van der Waals surface area contributed by atoms with Gasteiger partial charge in [-0.15, -0.1) is 17.9 Å². The Hall–Kier alpha value is -1.29. The number of hydrogen-bond donors (Lipinski definition) is 2. The fourth-order valence-electron chi connectivity index (χ4n) is 1.66. The lowest BCUT2D eigenvalue weighted by Crippen LogP contribution is -2.43. The van der Waals surface area contributed by atoms with Crippen molar-refractivity contribution >= 4 is 17.3 Å². The summed E-state index contributed by atoms with van der Waals surface area (Å²) in [6.07, 6.45) is 2.82. The number of thiophene rings is 1. The first-order chi connectivity index (χ1) is 8.65. The molecule has 1 atom stereocenters. The molecule has 1 rings (SSSR count). The van der Waals surface area contributed by atoms with E-state index in [9.17, 15) is 0 Å². The summed E-state index contributed by atoms with van der Waals surface area (Å²) in [5.74, 6) is 0.859. The van der Waals surface area contributed by atoms with E-state index in [1.807, 2.05) is 11.3 Å². The zero-order valence-corrected chi connectivity index (χ0v) is 12.3. The molecule has 0 bridgehead atoms. The number of nitrogens with zero attached hydrogens (tertiary/aromatic N) is 1. The molecule has 0 spiro atoms. The summed E-state index contributed by atoms with van der Waals surface area (Å²) in [5, 5.41) is 6.64. The summed E-state index contributed by atoms with van der Waals surface area (Å²) in [4.78, 5) is 7.17. The van der Waals surface area contributed by atoms with Crippen molar-refractivity contribution in [2.45, 2.75) is 33.2 Å². The zero-order valence-electron chi connectivity index (χ0n) is 11.5. The lowest BCUT2D eigenvalue weighted by atomic mass is 10.2. The van der Waals surface area contributed by atoms with Gasteiger partial charge in [0.2, 0.25) is 0 Å². The van der Waals surface area contributed by atoms with Gasteiger partial charge in [-0.05, 0) is 32.9 Å². The van der Waals surface area contributed by atoms with Crippen LogP contribution in [0.4, 0.5) is 0 Å². The van der Waals surface area contributed by atoms with Crippen LogP contribution in [0.5, 0.6) is 0 Å². The molecule has 0 aromatic carbocycles. The van der Waals surface area contributed by atoms with Crippen molar-refractivity contribution in [2.75, 3.05) is 13.1 Å². The number of guanidine groups is 1. The van der Waals surface area contributed by atoms with Gasteiger partial charge in [0.15, 0.2) is 5.96 Å². The van der Waals surface area contributed by atoms with Crippen LogP contribution in [0, 0.1) is 6.92 Å². The highest BCUT2D eigenvalue weighted by molar-refractivity contribution is 7.11. The van der Waals surface area contributed by atoms with Crippen LogP contribution >= 0.6 is 11.3 Å². The summed E-state index contributed by atoms with van der Waals surface area (Å²) >= 11 is 1.86. The second-order valence-corrected chi connectivity index (χ2v) is 5.64. The third-order valence-corrected chi connectivity index (χ3v) is 3.43. The second kappa shape index (κ2) is 7.93. The van der Waals surface area contributed by atoms with Crippen LogP contribution in [0.3, 0.4) is 0 Å². The highest BCUT2D eigenvalue weighted by atomic mass is 32.1. The number of rotatable bonds is 6. The Labute approximate surface area is 114 Å². The largest absolute Gasteiger partial charge is 0.357 e. The predicted molar refractivity (Wildman–Crippen MR) is 81.5 cm³/mol. The molecule has 1 aromatic heterocycles. The van der Waals surface area contributed by atoms with Crippen LogP contribution in [0.25, 0.3) is 0 Å². The molecule has 1 unspecified atom stereocenters. The molecule has 0 aliphatic carbocycles. The first-order valence-electron chi connectivity index (χ1n) is 6.36. The molecule has 3 nitrogen and oxygen atoms in total. The number of aliphatic imine (C=N–C) groups is 1. The first-order valence-corrected chi connectivity index (χ1v) is 7.18. The van der Waals surface area contributed by atoms with Gasteiger partial charge in [0.1, 0.15) is 0 Å². The summed E-state index contributed by atoms with van der Waals surface area (Å²) in [6, 6.07) is 4.74. The van der Waals surface area contributed by atoms with Gasteiger partial charge < -0.3 is 10.6 Å². The summed E-state index contributed by atoms with van der Waals surface area (Å²) in [7, 11) is 0. The van der Waals surface area contributed by atoms with Crippen molar-refractivity contribution in [3.05, 3.63) is 34.5 Å². The van der Waals surface area contributed by atoms with Gasteiger partial charge in [-0.2, -0.15) is 0 Å². The molecule has 4 heteroatoms. The maximum atomic E-state index is 4.40. The molecule has 0 radical (unpaired) electrons. The van der Waals surface area contributed by atoms with Crippen LogP contribution in [-0.4, -0.2) is 25.1 Å². The van der Waals surface area contributed by atoms with Gasteiger partial charge in [0, 0.05) is 28.8 Å². The molecule has 1 aromatic rings. The third-order valence-electron chi connectivity index (χ3n) is 2.41. The van der Waals surface area contributed by atoms with Gasteiger partial charge in [-0.3, -0.25) is 0 Å². The quantitative estimate of drug-likeness (QED) is 0.471. The third kappa shape index (κ3) is 5.36. The van der Waals surface area contributed by atoms with Crippen LogP contribution in [0.15, 0.2) is 29.8 Å². The standard InChI is InChI=1S/C14H23N3S/c1-5-9-16-14(15-6-2)17-11(3)10-13-8-7-12(4)18-13/h5,7-8,11H,1,6,9-10H2,2-4H3,(H2,15,16,17). The van der Waals surface area contributed by atoms with Gasteiger partial charge in [0.25, 0.3) is 0 Å². The highest BCUT2D eigenvalue weighted by Gasteiger charge is 2.07. The Bertz CT molecular complexity index is 395. The summed E-state index contributed by atoms with van der Waals surface area (Å²) < 4.78 is 0. The molecule has 0 saturated heterocycles. The summed E-state index contributed by atoms with van der Waals surface area (Å²) in [6.45, 7) is 11.6. The molecule has 0 fully saturated rings. The minimum Gasteiger partial charge on any atom is -0.357 e. The number of aryl methyl sites for hydroxylation is 1. The Balaban J connectivity index is 2.50. The Morgan fingerprint density at radius 3 is 2.89 bits per heavy atom. The monoisotopic (exact) mass is 265 g/mol. The van der Waals surface area contributed by atoms with Crippen molar-refractivity contribution in [3.63, 3.8) is 0 Å². The molecule has 0 aliphatic rings. The van der Waals surface area contributed by atoms with Gasteiger partial charge in [-0.1, -0.05) is 6.08 Å². The molecule has 1 heterocycles. The Kier molecular flexibility index (Phi) is 6.50. The van der Waals surface area contributed by atoms with Crippen molar-refractivity contribution in [2.24, 2.45) is 4.99 Å². The minimum atomic E-state index is 0.366. The topological polar surface area (TPSA) is 36.4 Å². The van der Waals surface area contributed by atoms with Gasteiger partial charge >= 0.3 is 0 Å². The van der Waals surface area contributed by atoms with E-state index in [1.54, 1.807) is 6.08 Å². The smallest absolute Gasteiger partial charge is 0.191 e. The van der Waals surface area contributed by atoms with E-state index in [1.165, 1.54) is 9.75 Å². The van der Waals surface area contributed by atoms with E-state index >= 15 is 0 Å². The fourth-order valence-corrected chi connectivity index (χ4v) is 2.68. The molecular formula is C14H23N3S. The lowest BCUT2D eigenvalue weighted by Gasteiger charge is -2.17. The molecule has 0 saturated carbocycles. The molecular weight excluding hydrogens is 242 g/mol. The molecule has 2 N–H and O–H groups in total. The van der Waals surface area contributed by atoms with Gasteiger partial charge in [-0.25, -0.2) is 4.99 Å². The predicted octanol–water partition coefficient (Wildman–Crippen LogP) is 2.73. The molecule has 0 aliphatic heterocycles. The maximum absolute atomic E-state index is 4.40. The van der Waals surface area contributed by atoms with Gasteiger partial charge in [0.05, 0.1) is 6.54 Å². The second-order valence-electron chi connectivity index (χ2n) is 4.27. The normalized spacial score (nSPS) is 13.2. The van der Waals surface area contributed by atoms with E-state index < -0.39 is 0 Å². The molecule has 0 amide bonds. The van der Waals surface area contributed by atoms with Crippen molar-refractivity contribution in [1.29, 1.82) is 0 Å². The van der Waals surface area contributed by atoms with E-state index in [2.05, 4.69) is 55.1 Å². The van der Waals surface area contributed by atoms with Crippen LogP contribution < -0.4 is 10.6 Å². The first kappa shape index (κ1) is 14.8. The average Bonchev–Trinajstić information content (AvgIpc) is 2.71. The van der Waals surface area contributed by atoms with Crippen molar-refractivity contribution in [1.82, 2.24) is 10.6 Å².